The molecule has 7 aromatic rings. The summed E-state index contributed by atoms with van der Waals surface area (Å²) in [5, 5.41) is 6.88. The fourth-order valence-corrected chi connectivity index (χ4v) is 8.06. The van der Waals surface area contributed by atoms with Crippen LogP contribution in [0, 0.1) is 13.8 Å². The van der Waals surface area contributed by atoms with E-state index in [9.17, 15) is 0 Å². The van der Waals surface area contributed by atoms with Crippen LogP contribution in [0.1, 0.15) is 48.2 Å². The van der Waals surface area contributed by atoms with Crippen molar-refractivity contribution >= 4 is 51.6 Å². The van der Waals surface area contributed by atoms with Gasteiger partial charge in [-0.15, -0.1) is 0 Å². The number of benzene rings is 6. The fraction of sp³-hybridized carbons (Fsp3) is 0.158. The summed E-state index contributed by atoms with van der Waals surface area (Å²) in [5.41, 5.74) is 6.71. The summed E-state index contributed by atoms with van der Waals surface area (Å²) in [4.78, 5) is 0. The maximum atomic E-state index is 7.07. The zero-order valence-electron chi connectivity index (χ0n) is 24.4. The van der Waals surface area contributed by atoms with Gasteiger partial charge in [-0.1, -0.05) is 120 Å². The molecule has 7 rings (SSSR count). The summed E-state index contributed by atoms with van der Waals surface area (Å²) >= 11 is 0. The monoisotopic (exact) mass is 567 g/mol. The fourth-order valence-electron chi connectivity index (χ4n) is 6.36. The summed E-state index contributed by atoms with van der Waals surface area (Å²) < 4.78 is 16.6. The molecule has 3 nitrogen and oxygen atoms in total. The van der Waals surface area contributed by atoms with E-state index < -0.39 is 8.16 Å². The Morgan fingerprint density at radius 3 is 1.55 bits per heavy atom. The lowest BCUT2D eigenvalue weighted by molar-refractivity contribution is 0.558. The first-order valence-electron chi connectivity index (χ1n) is 14.6. The van der Waals surface area contributed by atoms with Crippen molar-refractivity contribution in [3.8, 4) is 0 Å². The van der Waals surface area contributed by atoms with Gasteiger partial charge in [0.2, 0.25) is 0 Å². The Morgan fingerprint density at radius 2 is 1.00 bits per heavy atom. The van der Waals surface area contributed by atoms with E-state index >= 15 is 0 Å². The molecule has 42 heavy (non-hydrogen) atoms. The molecule has 1 heterocycles. The third-order valence-corrected chi connectivity index (χ3v) is 10.2. The Bertz CT molecular complexity index is 2000. The van der Waals surface area contributed by atoms with E-state index in [-0.39, 0.29) is 12.1 Å². The van der Waals surface area contributed by atoms with Crippen molar-refractivity contribution in [2.24, 2.45) is 0 Å². The lowest BCUT2D eigenvalue weighted by atomic mass is 9.99. The number of nitrogens with zero attached hydrogens (tertiary/aromatic N) is 1. The molecule has 1 aromatic heterocycles. The highest BCUT2D eigenvalue weighted by Crippen LogP contribution is 2.47. The van der Waals surface area contributed by atoms with E-state index in [2.05, 4.69) is 154 Å². The third-order valence-electron chi connectivity index (χ3n) is 8.38. The smallest absolute Gasteiger partial charge is 0.310 e. The second kappa shape index (κ2) is 10.8. The molecule has 0 unspecified atom stereocenters. The maximum absolute atomic E-state index is 7.07. The molecule has 0 aliphatic heterocycles. The quantitative estimate of drug-likeness (QED) is 0.207. The average Bonchev–Trinajstić information content (AvgIpc) is 3.18. The van der Waals surface area contributed by atoms with Gasteiger partial charge in [-0.2, -0.15) is 4.67 Å². The molecular formula is C38H34NO2P. The van der Waals surface area contributed by atoms with Crippen LogP contribution < -0.4 is 4.67 Å². The normalized spacial score (nSPS) is 13.3. The Hall–Kier alpha value is -4.30. The van der Waals surface area contributed by atoms with E-state index in [1.165, 1.54) is 33.0 Å². The topological polar surface area (TPSA) is 29.5 Å². The van der Waals surface area contributed by atoms with Gasteiger partial charge in [0, 0.05) is 22.9 Å². The zero-order chi connectivity index (χ0) is 28.8. The van der Waals surface area contributed by atoms with Crippen LogP contribution in [0.2, 0.25) is 0 Å². The maximum Gasteiger partial charge on any atom is 0.310 e. The van der Waals surface area contributed by atoms with E-state index in [1.54, 1.807) is 0 Å². The number of aryl methyl sites for hydroxylation is 2. The highest BCUT2D eigenvalue weighted by molar-refractivity contribution is 7.39. The number of fused-ring (bicyclic) bond motifs is 7. The Kier molecular flexibility index (Phi) is 6.86. The van der Waals surface area contributed by atoms with Crippen molar-refractivity contribution in [3.63, 3.8) is 0 Å². The van der Waals surface area contributed by atoms with E-state index in [4.69, 9.17) is 8.39 Å². The van der Waals surface area contributed by atoms with Gasteiger partial charge in [-0.3, -0.25) is 0 Å². The van der Waals surface area contributed by atoms with Gasteiger partial charge in [0.05, 0.1) is 0 Å². The molecule has 0 aliphatic rings. The van der Waals surface area contributed by atoms with Crippen molar-refractivity contribution in [1.29, 1.82) is 0 Å². The zero-order valence-corrected chi connectivity index (χ0v) is 25.3. The first kappa shape index (κ1) is 26.6. The minimum absolute atomic E-state index is 0.0378. The molecule has 2 atom stereocenters. The van der Waals surface area contributed by atoms with Gasteiger partial charge >= 0.3 is 8.16 Å². The minimum atomic E-state index is -1.56. The van der Waals surface area contributed by atoms with Gasteiger partial charge in [0.1, 0.15) is 11.2 Å². The van der Waals surface area contributed by atoms with Crippen molar-refractivity contribution in [2.45, 2.75) is 39.8 Å². The molecule has 0 N–H and O–H groups in total. The van der Waals surface area contributed by atoms with Gasteiger partial charge in [-0.05, 0) is 72.5 Å². The third kappa shape index (κ3) is 4.69. The summed E-state index contributed by atoms with van der Waals surface area (Å²) in [7, 11) is -1.56. The van der Waals surface area contributed by atoms with Crippen LogP contribution in [0.15, 0.2) is 130 Å². The first-order chi connectivity index (χ1) is 20.5. The molecule has 0 aliphatic carbocycles. The largest absolute Gasteiger partial charge is 0.408 e. The average molecular weight is 568 g/mol. The van der Waals surface area contributed by atoms with Crippen LogP contribution in [-0.2, 0) is 0 Å². The van der Waals surface area contributed by atoms with E-state index in [0.717, 1.165) is 32.7 Å². The molecule has 0 saturated heterocycles. The SMILES string of the molecule is Cc1cc(C)cc([C@H](C)N([C@@H](C)c2ccccc2)p2oc3ccc4ccccc4c3c3c(ccc4ccccc43)o2)c1. The Morgan fingerprint density at radius 1 is 0.524 bits per heavy atom. The van der Waals surface area contributed by atoms with Crippen LogP contribution in [0.3, 0.4) is 0 Å². The molecule has 0 amide bonds. The first-order valence-corrected chi connectivity index (χ1v) is 15.7. The molecule has 0 saturated carbocycles. The van der Waals surface area contributed by atoms with Crippen LogP contribution in [0.25, 0.3) is 43.5 Å². The van der Waals surface area contributed by atoms with Gasteiger partial charge in [-0.25, -0.2) is 0 Å². The predicted molar refractivity (Wildman–Crippen MR) is 179 cm³/mol. The van der Waals surface area contributed by atoms with Crippen LogP contribution in [0.5, 0.6) is 0 Å². The van der Waals surface area contributed by atoms with Crippen molar-refractivity contribution in [2.75, 3.05) is 4.67 Å². The van der Waals surface area contributed by atoms with Crippen LogP contribution in [-0.4, -0.2) is 0 Å². The van der Waals surface area contributed by atoms with E-state index in [0.29, 0.717) is 0 Å². The summed E-state index contributed by atoms with van der Waals surface area (Å²) in [5.74, 6) is 0. The molecule has 0 radical (unpaired) electrons. The van der Waals surface area contributed by atoms with Crippen molar-refractivity contribution < 1.29 is 8.39 Å². The van der Waals surface area contributed by atoms with Crippen LogP contribution in [0.4, 0.5) is 0 Å². The lowest BCUT2D eigenvalue weighted by Gasteiger charge is -2.32. The molecule has 6 aromatic carbocycles. The summed E-state index contributed by atoms with van der Waals surface area (Å²) in [6.45, 7) is 8.87. The van der Waals surface area contributed by atoms with Gasteiger partial charge in [0.15, 0.2) is 0 Å². The molecule has 4 heteroatoms. The molecule has 208 valence electrons. The number of hydrogen-bond donors (Lipinski definition) is 0. The molecule has 0 fully saturated rings. The molecule has 0 spiro atoms. The summed E-state index contributed by atoms with van der Waals surface area (Å²) in [6.07, 6.45) is 0. The number of rotatable bonds is 5. The van der Waals surface area contributed by atoms with Gasteiger partial charge < -0.3 is 8.39 Å². The standard InChI is InChI=1S/C38H34NO2P/c1-25-22-26(2)24-32(23-25)28(4)39(27(3)29-12-6-5-7-13-29)42-40-35-20-18-30-14-8-10-16-33(30)37(35)38-34-17-11-9-15-31(34)19-21-36(38)41-42/h5-24,27-28H,1-4H3/t27-,28-/m0/s1. The highest BCUT2D eigenvalue weighted by atomic mass is 31.1. The Labute approximate surface area is 247 Å². The van der Waals surface area contributed by atoms with Crippen molar-refractivity contribution in [1.82, 2.24) is 0 Å². The second-order valence-corrected chi connectivity index (χ2v) is 12.6. The highest BCUT2D eigenvalue weighted by Gasteiger charge is 2.29. The molecule has 0 bridgehead atoms. The minimum Gasteiger partial charge on any atom is -0.408 e. The van der Waals surface area contributed by atoms with E-state index in [1.807, 2.05) is 0 Å². The lowest BCUT2D eigenvalue weighted by Crippen LogP contribution is -2.27. The summed E-state index contributed by atoms with van der Waals surface area (Å²) in [6, 6.07) is 43.3. The number of hydrogen-bond acceptors (Lipinski definition) is 3. The van der Waals surface area contributed by atoms with Crippen molar-refractivity contribution in [3.05, 3.63) is 144 Å². The Balaban J connectivity index is 1.59. The molecular weight excluding hydrogens is 533 g/mol. The van der Waals surface area contributed by atoms with Gasteiger partial charge in [0.25, 0.3) is 0 Å². The predicted octanol–water partition coefficient (Wildman–Crippen LogP) is 11.7. The van der Waals surface area contributed by atoms with Crippen LogP contribution >= 0.6 is 8.16 Å². The second-order valence-electron chi connectivity index (χ2n) is 11.3.